The van der Waals surface area contributed by atoms with Crippen molar-refractivity contribution in [3.63, 3.8) is 0 Å². The summed E-state index contributed by atoms with van der Waals surface area (Å²) >= 11 is 0. The molecule has 2 heterocycles. The van der Waals surface area contributed by atoms with E-state index in [2.05, 4.69) is 21.6 Å². The highest BCUT2D eigenvalue weighted by atomic mass is 32.2. The van der Waals surface area contributed by atoms with Crippen LogP contribution in [0.4, 0.5) is 5.82 Å². The molecule has 8 heteroatoms. The van der Waals surface area contributed by atoms with Crippen LogP contribution in [0.5, 0.6) is 0 Å². The van der Waals surface area contributed by atoms with E-state index in [1.165, 1.54) is 6.20 Å². The number of hydrogen-bond donors (Lipinski definition) is 2. The number of nitrogen functional groups attached to an aromatic ring is 1. The Morgan fingerprint density at radius 1 is 1.48 bits per heavy atom. The van der Waals surface area contributed by atoms with Crippen LogP contribution < -0.4 is 10.5 Å². The zero-order chi connectivity index (χ0) is 15.5. The minimum atomic E-state index is -3.59. The quantitative estimate of drug-likeness (QED) is 0.770. The van der Waals surface area contributed by atoms with Crippen molar-refractivity contribution in [2.75, 3.05) is 25.4 Å². The lowest BCUT2D eigenvalue weighted by Gasteiger charge is -2.22. The summed E-state index contributed by atoms with van der Waals surface area (Å²) in [5, 5.41) is 4.04. The Balaban J connectivity index is 2.04. The predicted octanol–water partition coefficient (Wildman–Crippen LogP) is 0.638. The molecule has 0 saturated carbocycles. The third-order valence-electron chi connectivity index (χ3n) is 3.91. The number of likely N-dealkylation sites (tertiary alicyclic amines) is 1. The molecule has 7 nitrogen and oxygen atoms in total. The summed E-state index contributed by atoms with van der Waals surface area (Å²) in [5.41, 5.74) is 5.73. The van der Waals surface area contributed by atoms with Gasteiger partial charge in [-0.3, -0.25) is 9.58 Å². The number of nitrogens with two attached hydrogens (primary N) is 1. The second kappa shape index (κ2) is 6.76. The molecule has 120 valence electrons. The van der Waals surface area contributed by atoms with Gasteiger partial charge in [0.15, 0.2) is 5.82 Å². The third kappa shape index (κ3) is 3.75. The van der Waals surface area contributed by atoms with Crippen LogP contribution in [0.2, 0.25) is 0 Å². The van der Waals surface area contributed by atoms with E-state index >= 15 is 0 Å². The minimum absolute atomic E-state index is 0.0646. The summed E-state index contributed by atoms with van der Waals surface area (Å²) in [7, 11) is -3.59. The molecule has 1 unspecified atom stereocenters. The molecule has 0 radical (unpaired) electrons. The number of aromatic nitrogens is 2. The summed E-state index contributed by atoms with van der Waals surface area (Å²) in [5.74, 6) is 0.0646. The van der Waals surface area contributed by atoms with Crippen molar-refractivity contribution in [1.82, 2.24) is 19.4 Å². The first kappa shape index (κ1) is 16.3. The number of nitrogens with zero attached hydrogens (tertiary/aromatic N) is 3. The molecule has 1 aromatic rings. The first-order valence-corrected chi connectivity index (χ1v) is 9.03. The second-order valence-electron chi connectivity index (χ2n) is 5.42. The summed E-state index contributed by atoms with van der Waals surface area (Å²) in [6.07, 6.45) is 4.53. The van der Waals surface area contributed by atoms with Gasteiger partial charge in [-0.2, -0.15) is 5.10 Å². The molecule has 0 spiro atoms. The van der Waals surface area contributed by atoms with Gasteiger partial charge in [0.2, 0.25) is 10.0 Å². The number of nitrogens with one attached hydrogen (secondary N) is 1. The lowest BCUT2D eigenvalue weighted by atomic mass is 10.2. The molecular weight excluding hydrogens is 290 g/mol. The number of rotatable bonds is 7. The zero-order valence-electron chi connectivity index (χ0n) is 12.7. The highest BCUT2D eigenvalue weighted by molar-refractivity contribution is 7.89. The summed E-state index contributed by atoms with van der Waals surface area (Å²) in [6.45, 7) is 7.17. The van der Waals surface area contributed by atoms with E-state index in [4.69, 9.17) is 5.73 Å². The van der Waals surface area contributed by atoms with Crippen LogP contribution in [0.3, 0.4) is 0 Å². The minimum Gasteiger partial charge on any atom is -0.381 e. The van der Waals surface area contributed by atoms with Gasteiger partial charge in [0.25, 0.3) is 0 Å². The zero-order valence-corrected chi connectivity index (χ0v) is 13.6. The maximum absolute atomic E-state index is 12.4. The second-order valence-corrected chi connectivity index (χ2v) is 7.15. The van der Waals surface area contributed by atoms with Crippen molar-refractivity contribution in [2.45, 2.75) is 50.6 Å². The molecule has 0 amide bonds. The Hall–Kier alpha value is -1.12. The van der Waals surface area contributed by atoms with E-state index in [0.29, 0.717) is 13.1 Å². The molecule has 2 rings (SSSR count). The predicted molar refractivity (Wildman–Crippen MR) is 82.4 cm³/mol. The fraction of sp³-hybridized carbons (Fsp3) is 0.769. The number of anilines is 1. The average Bonchev–Trinajstić information content (AvgIpc) is 3.03. The molecule has 1 aliphatic heterocycles. The maximum Gasteiger partial charge on any atom is 0.245 e. The molecule has 1 fully saturated rings. The topological polar surface area (TPSA) is 93.2 Å². The summed E-state index contributed by atoms with van der Waals surface area (Å²) < 4.78 is 29.0. The normalized spacial score (nSPS) is 20.2. The van der Waals surface area contributed by atoms with Gasteiger partial charge in [-0.15, -0.1) is 0 Å². The molecule has 0 bridgehead atoms. The fourth-order valence-electron chi connectivity index (χ4n) is 2.79. The Bertz CT molecular complexity index is 569. The maximum atomic E-state index is 12.4. The van der Waals surface area contributed by atoms with Gasteiger partial charge >= 0.3 is 0 Å². The van der Waals surface area contributed by atoms with Crippen molar-refractivity contribution in [3.05, 3.63) is 6.20 Å². The van der Waals surface area contributed by atoms with E-state index in [1.807, 2.05) is 6.92 Å². The van der Waals surface area contributed by atoms with Crippen LogP contribution in [-0.2, 0) is 16.6 Å². The van der Waals surface area contributed by atoms with Gasteiger partial charge in [-0.1, -0.05) is 13.8 Å². The van der Waals surface area contributed by atoms with E-state index in [0.717, 1.165) is 32.4 Å². The lowest BCUT2D eigenvalue weighted by molar-refractivity contribution is 0.268. The number of hydrogen-bond acceptors (Lipinski definition) is 5. The van der Waals surface area contributed by atoms with Gasteiger partial charge in [-0.25, -0.2) is 13.1 Å². The molecule has 0 aliphatic carbocycles. The summed E-state index contributed by atoms with van der Waals surface area (Å²) in [6, 6.07) is 0.275. The highest BCUT2D eigenvalue weighted by Crippen LogP contribution is 2.19. The number of likely N-dealkylation sites (N-methyl/N-ethyl adjacent to an activating group) is 1. The van der Waals surface area contributed by atoms with Gasteiger partial charge in [0.05, 0.1) is 0 Å². The van der Waals surface area contributed by atoms with E-state index in [1.54, 1.807) is 4.68 Å². The van der Waals surface area contributed by atoms with Gasteiger partial charge in [0, 0.05) is 25.3 Å². The van der Waals surface area contributed by atoms with E-state index in [-0.39, 0.29) is 16.8 Å². The van der Waals surface area contributed by atoms with Crippen molar-refractivity contribution < 1.29 is 8.42 Å². The Kier molecular flexibility index (Phi) is 5.23. The van der Waals surface area contributed by atoms with Crippen molar-refractivity contribution >= 4 is 15.8 Å². The third-order valence-corrected chi connectivity index (χ3v) is 5.35. The van der Waals surface area contributed by atoms with Gasteiger partial charge in [-0.05, 0) is 32.4 Å². The SMILES string of the molecule is CCCn1cc(S(=O)(=O)NCC2CCCN2CC)c(N)n1. The molecule has 0 aromatic carbocycles. The van der Waals surface area contributed by atoms with E-state index < -0.39 is 10.0 Å². The van der Waals surface area contributed by atoms with E-state index in [9.17, 15) is 8.42 Å². The number of aryl methyl sites for hydroxylation is 1. The van der Waals surface area contributed by atoms with Crippen LogP contribution >= 0.6 is 0 Å². The first-order chi connectivity index (χ1) is 9.97. The molecule has 1 aliphatic rings. The van der Waals surface area contributed by atoms with Crippen LogP contribution in [0.15, 0.2) is 11.1 Å². The van der Waals surface area contributed by atoms with Crippen molar-refractivity contribution in [3.8, 4) is 0 Å². The highest BCUT2D eigenvalue weighted by Gasteiger charge is 2.26. The van der Waals surface area contributed by atoms with Crippen LogP contribution in [0.1, 0.15) is 33.1 Å². The van der Waals surface area contributed by atoms with Crippen molar-refractivity contribution in [1.29, 1.82) is 0 Å². The molecule has 1 aromatic heterocycles. The lowest BCUT2D eigenvalue weighted by Crippen LogP contribution is -2.40. The Labute approximate surface area is 126 Å². The molecule has 1 saturated heterocycles. The average molecular weight is 315 g/mol. The molecule has 21 heavy (non-hydrogen) atoms. The standard InChI is InChI=1S/C13H25N5O2S/c1-3-7-18-10-12(13(14)16-18)21(19,20)15-9-11-6-5-8-17(11)4-2/h10-11,15H,3-9H2,1-2H3,(H2,14,16). The fourth-order valence-corrected chi connectivity index (χ4v) is 3.94. The van der Waals surface area contributed by atoms with Crippen LogP contribution in [-0.4, -0.2) is 48.8 Å². The van der Waals surface area contributed by atoms with Crippen LogP contribution in [0.25, 0.3) is 0 Å². The Morgan fingerprint density at radius 2 is 2.24 bits per heavy atom. The smallest absolute Gasteiger partial charge is 0.245 e. The monoisotopic (exact) mass is 315 g/mol. The Morgan fingerprint density at radius 3 is 2.90 bits per heavy atom. The molecule has 1 atom stereocenters. The van der Waals surface area contributed by atoms with Gasteiger partial charge in [0.1, 0.15) is 4.90 Å². The molecular formula is C13H25N5O2S. The van der Waals surface area contributed by atoms with Gasteiger partial charge < -0.3 is 5.73 Å². The van der Waals surface area contributed by atoms with Crippen molar-refractivity contribution in [2.24, 2.45) is 0 Å². The number of sulfonamides is 1. The summed E-state index contributed by atoms with van der Waals surface area (Å²) in [4.78, 5) is 2.38. The largest absolute Gasteiger partial charge is 0.381 e. The van der Waals surface area contributed by atoms with Crippen LogP contribution in [0, 0.1) is 0 Å². The molecule has 3 N–H and O–H groups in total. The first-order valence-electron chi connectivity index (χ1n) is 7.54.